The Bertz CT molecular complexity index is 308. The van der Waals surface area contributed by atoms with E-state index in [1.165, 1.54) is 0 Å². The fourth-order valence-corrected chi connectivity index (χ4v) is 1.12. The minimum Gasteiger partial charge on any atom is -0.428 e. The summed E-state index contributed by atoms with van der Waals surface area (Å²) < 4.78 is 4.87. The SMILES string of the molecule is N#Cc1ccc(OI)cc1Cl. The summed E-state index contributed by atoms with van der Waals surface area (Å²) in [7, 11) is 0. The van der Waals surface area contributed by atoms with E-state index in [1.807, 2.05) is 6.07 Å². The molecule has 0 aliphatic carbocycles. The normalized spacial score (nSPS) is 8.82. The Balaban J connectivity index is 3.12. The molecule has 0 atom stereocenters. The second kappa shape index (κ2) is 3.79. The summed E-state index contributed by atoms with van der Waals surface area (Å²) in [6, 6.07) is 6.87. The van der Waals surface area contributed by atoms with Gasteiger partial charge in [0.05, 0.1) is 10.6 Å². The summed E-state index contributed by atoms with van der Waals surface area (Å²) >= 11 is 7.45. The smallest absolute Gasteiger partial charge is 0.192 e. The van der Waals surface area contributed by atoms with Gasteiger partial charge in [0, 0.05) is 6.07 Å². The molecular weight excluding hydrogens is 276 g/mol. The van der Waals surface area contributed by atoms with E-state index in [2.05, 4.69) is 0 Å². The number of rotatable bonds is 1. The summed E-state index contributed by atoms with van der Waals surface area (Å²) in [5.41, 5.74) is 0.462. The summed E-state index contributed by atoms with van der Waals surface area (Å²) in [6.07, 6.45) is 0. The molecule has 1 rings (SSSR count). The van der Waals surface area contributed by atoms with Crippen LogP contribution in [0, 0.1) is 11.3 Å². The lowest BCUT2D eigenvalue weighted by Gasteiger charge is -1.97. The zero-order chi connectivity index (χ0) is 8.27. The fraction of sp³-hybridized carbons (Fsp3) is 0. The third-order valence-electron chi connectivity index (χ3n) is 1.15. The van der Waals surface area contributed by atoms with Crippen LogP contribution >= 0.6 is 34.6 Å². The van der Waals surface area contributed by atoms with Crippen molar-refractivity contribution in [3.8, 4) is 11.8 Å². The molecule has 0 unspecified atom stereocenters. The van der Waals surface area contributed by atoms with Gasteiger partial charge in [-0.2, -0.15) is 5.26 Å². The maximum Gasteiger partial charge on any atom is 0.192 e. The maximum atomic E-state index is 8.50. The van der Waals surface area contributed by atoms with Crippen LogP contribution in [0.2, 0.25) is 5.02 Å². The molecule has 0 fully saturated rings. The molecule has 0 aliphatic heterocycles. The van der Waals surface area contributed by atoms with Gasteiger partial charge in [0.1, 0.15) is 11.8 Å². The third kappa shape index (κ3) is 1.98. The Labute approximate surface area is 83.4 Å². The summed E-state index contributed by atoms with van der Waals surface area (Å²) in [4.78, 5) is 0. The lowest BCUT2D eigenvalue weighted by Crippen LogP contribution is -1.78. The average molecular weight is 279 g/mol. The van der Waals surface area contributed by atoms with Gasteiger partial charge in [0.2, 0.25) is 0 Å². The molecule has 1 aromatic carbocycles. The van der Waals surface area contributed by atoms with E-state index in [0.29, 0.717) is 16.3 Å². The Morgan fingerprint density at radius 3 is 2.73 bits per heavy atom. The number of nitrogens with zero attached hydrogens (tertiary/aromatic N) is 1. The minimum atomic E-state index is 0.418. The van der Waals surface area contributed by atoms with E-state index >= 15 is 0 Å². The van der Waals surface area contributed by atoms with Crippen molar-refractivity contribution in [3.05, 3.63) is 28.8 Å². The Kier molecular flexibility index (Phi) is 2.97. The van der Waals surface area contributed by atoms with Gasteiger partial charge in [-0.25, -0.2) is 0 Å². The molecule has 0 spiro atoms. The summed E-state index contributed by atoms with van der Waals surface area (Å²) in [5, 5.41) is 8.92. The quantitative estimate of drug-likeness (QED) is 0.741. The molecule has 11 heavy (non-hydrogen) atoms. The second-order valence-electron chi connectivity index (χ2n) is 1.83. The van der Waals surface area contributed by atoms with Gasteiger partial charge in [0.25, 0.3) is 0 Å². The monoisotopic (exact) mass is 279 g/mol. The zero-order valence-corrected chi connectivity index (χ0v) is 8.26. The van der Waals surface area contributed by atoms with Gasteiger partial charge in [-0.3, -0.25) is 0 Å². The molecule has 0 radical (unpaired) electrons. The first-order valence-electron chi connectivity index (χ1n) is 2.76. The number of nitriles is 1. The first-order chi connectivity index (χ1) is 5.27. The van der Waals surface area contributed by atoms with Crippen molar-refractivity contribution in [2.24, 2.45) is 0 Å². The van der Waals surface area contributed by atoms with Crippen LogP contribution in [0.1, 0.15) is 5.56 Å². The highest BCUT2D eigenvalue weighted by Crippen LogP contribution is 2.22. The molecule has 0 saturated carbocycles. The molecule has 0 aliphatic rings. The van der Waals surface area contributed by atoms with Gasteiger partial charge >= 0.3 is 0 Å². The van der Waals surface area contributed by atoms with Crippen molar-refractivity contribution in [3.63, 3.8) is 0 Å². The highest BCUT2D eigenvalue weighted by atomic mass is 127. The highest BCUT2D eigenvalue weighted by molar-refractivity contribution is 14.1. The van der Waals surface area contributed by atoms with Crippen LogP contribution in [0.4, 0.5) is 0 Å². The molecule has 56 valence electrons. The Hall–Kier alpha value is -0.470. The van der Waals surface area contributed by atoms with Gasteiger partial charge in [-0.15, -0.1) is 0 Å². The predicted octanol–water partition coefficient (Wildman–Crippen LogP) is 2.94. The van der Waals surface area contributed by atoms with E-state index < -0.39 is 0 Å². The number of benzene rings is 1. The van der Waals surface area contributed by atoms with Crippen molar-refractivity contribution < 1.29 is 3.07 Å². The van der Waals surface area contributed by atoms with Crippen molar-refractivity contribution in [2.45, 2.75) is 0 Å². The summed E-state index contributed by atoms with van der Waals surface area (Å²) in [6.45, 7) is 0. The van der Waals surface area contributed by atoms with Crippen LogP contribution in [-0.4, -0.2) is 0 Å². The third-order valence-corrected chi connectivity index (χ3v) is 1.97. The number of hydrogen-bond acceptors (Lipinski definition) is 2. The van der Waals surface area contributed by atoms with Crippen LogP contribution in [0.3, 0.4) is 0 Å². The molecule has 0 bridgehead atoms. The van der Waals surface area contributed by atoms with E-state index in [0.717, 1.165) is 0 Å². The van der Waals surface area contributed by atoms with Crippen LogP contribution in [-0.2, 0) is 0 Å². The topological polar surface area (TPSA) is 33.0 Å². The molecule has 0 aromatic heterocycles. The molecule has 1 aromatic rings. The fourth-order valence-electron chi connectivity index (χ4n) is 0.634. The van der Waals surface area contributed by atoms with Crippen molar-refractivity contribution in [1.82, 2.24) is 0 Å². The van der Waals surface area contributed by atoms with E-state index in [9.17, 15) is 0 Å². The second-order valence-corrected chi connectivity index (χ2v) is 2.68. The summed E-state index contributed by atoms with van der Waals surface area (Å²) in [5.74, 6) is 0.648. The molecule has 0 saturated heterocycles. The largest absolute Gasteiger partial charge is 0.428 e. The van der Waals surface area contributed by atoms with Crippen molar-refractivity contribution >= 4 is 34.6 Å². The van der Waals surface area contributed by atoms with Gasteiger partial charge in [-0.05, 0) is 12.1 Å². The molecule has 2 nitrogen and oxygen atoms in total. The van der Waals surface area contributed by atoms with Gasteiger partial charge in [-0.1, -0.05) is 11.6 Å². The predicted molar refractivity (Wildman–Crippen MR) is 50.8 cm³/mol. The molecule has 4 heteroatoms. The first-order valence-corrected chi connectivity index (χ1v) is 4.02. The van der Waals surface area contributed by atoms with Gasteiger partial charge < -0.3 is 3.07 Å². The van der Waals surface area contributed by atoms with E-state index in [-0.39, 0.29) is 0 Å². The Morgan fingerprint density at radius 1 is 1.55 bits per heavy atom. The lowest BCUT2D eigenvalue weighted by atomic mass is 10.2. The van der Waals surface area contributed by atoms with Crippen LogP contribution < -0.4 is 3.07 Å². The minimum absolute atomic E-state index is 0.418. The van der Waals surface area contributed by atoms with E-state index in [4.69, 9.17) is 19.9 Å². The molecular formula is C7H3ClINO. The number of halogens is 2. The maximum absolute atomic E-state index is 8.50. The van der Waals surface area contributed by atoms with Crippen molar-refractivity contribution in [1.29, 1.82) is 5.26 Å². The molecule has 0 N–H and O–H groups in total. The highest BCUT2D eigenvalue weighted by Gasteiger charge is 1.99. The molecule has 0 amide bonds. The van der Waals surface area contributed by atoms with Crippen LogP contribution in [0.15, 0.2) is 18.2 Å². The molecule has 0 heterocycles. The van der Waals surface area contributed by atoms with Crippen LogP contribution in [0.5, 0.6) is 5.75 Å². The van der Waals surface area contributed by atoms with Gasteiger partial charge in [0.15, 0.2) is 23.0 Å². The van der Waals surface area contributed by atoms with E-state index in [1.54, 1.807) is 41.2 Å². The standard InChI is InChI=1S/C7H3ClINO/c8-7-3-6(11-9)2-1-5(7)4-10/h1-3H. The Morgan fingerprint density at radius 2 is 2.27 bits per heavy atom. The van der Waals surface area contributed by atoms with Crippen LogP contribution in [0.25, 0.3) is 0 Å². The lowest BCUT2D eigenvalue weighted by molar-refractivity contribution is 0.717. The number of hydrogen-bond donors (Lipinski definition) is 0. The zero-order valence-electron chi connectivity index (χ0n) is 5.34. The average Bonchev–Trinajstić information content (AvgIpc) is 2.04. The first kappa shape index (κ1) is 8.62. The van der Waals surface area contributed by atoms with Crippen molar-refractivity contribution in [2.75, 3.05) is 0 Å².